The first kappa shape index (κ1) is 30.3. The van der Waals surface area contributed by atoms with E-state index in [4.69, 9.17) is 11.5 Å². The quantitative estimate of drug-likeness (QED) is 0.148. The Labute approximate surface area is 226 Å². The molecule has 0 saturated carbocycles. The fourth-order valence-electron chi connectivity index (χ4n) is 3.58. The van der Waals surface area contributed by atoms with Gasteiger partial charge in [-0.25, -0.2) is 4.79 Å². The van der Waals surface area contributed by atoms with Crippen molar-refractivity contribution in [1.29, 1.82) is 0 Å². The highest BCUT2D eigenvalue weighted by atomic mass is 32.1. The Morgan fingerprint density at radius 1 is 0.737 bits per heavy atom. The molecule has 8 N–H and O–H groups in total. The molecule has 0 aliphatic heterocycles. The lowest BCUT2D eigenvalue weighted by Gasteiger charge is -2.24. The van der Waals surface area contributed by atoms with Gasteiger partial charge in [-0.15, -0.1) is 0 Å². The Balaban J connectivity index is 2.05. The molecule has 0 heterocycles. The van der Waals surface area contributed by atoms with Crippen LogP contribution >= 0.6 is 12.6 Å². The normalized spacial score (nSPS) is 13.8. The third-order valence-electron chi connectivity index (χ3n) is 5.66. The number of amides is 4. The van der Waals surface area contributed by atoms with Crippen LogP contribution in [0, 0.1) is 0 Å². The van der Waals surface area contributed by atoms with Gasteiger partial charge in [0.1, 0.15) is 18.1 Å². The molecule has 2 aromatic carbocycles. The highest BCUT2D eigenvalue weighted by Crippen LogP contribution is 2.06. The molecule has 0 aliphatic carbocycles. The maximum Gasteiger partial charge on any atom is 0.326 e. The summed E-state index contributed by atoms with van der Waals surface area (Å²) in [5, 5.41) is 17.0. The highest BCUT2D eigenvalue weighted by molar-refractivity contribution is 7.80. The number of nitrogens with one attached hydrogen (secondary N) is 3. The number of rotatable bonds is 15. The van der Waals surface area contributed by atoms with Crippen molar-refractivity contribution < 1.29 is 29.1 Å². The largest absolute Gasteiger partial charge is 0.480 e. The summed E-state index contributed by atoms with van der Waals surface area (Å²) >= 11 is 4.11. The average Bonchev–Trinajstić information content (AvgIpc) is 2.89. The molecule has 4 unspecified atom stereocenters. The van der Waals surface area contributed by atoms with Crippen molar-refractivity contribution in [3.05, 3.63) is 71.8 Å². The Hall–Kier alpha value is -3.90. The molecule has 4 amide bonds. The van der Waals surface area contributed by atoms with Gasteiger partial charge in [0.15, 0.2) is 0 Å². The molecule has 204 valence electrons. The Kier molecular flexibility index (Phi) is 12.3. The molecule has 0 aliphatic rings. The summed E-state index contributed by atoms with van der Waals surface area (Å²) in [4.78, 5) is 61.6. The molecule has 4 atom stereocenters. The summed E-state index contributed by atoms with van der Waals surface area (Å²) in [7, 11) is 0. The first-order valence-corrected chi connectivity index (χ1v) is 12.6. The number of primary amides is 1. The summed E-state index contributed by atoms with van der Waals surface area (Å²) in [5.74, 6) is -4.24. The molecule has 11 nitrogen and oxygen atoms in total. The lowest BCUT2D eigenvalue weighted by Crippen LogP contribution is -2.58. The Morgan fingerprint density at radius 2 is 1.21 bits per heavy atom. The van der Waals surface area contributed by atoms with Gasteiger partial charge in [-0.1, -0.05) is 60.7 Å². The second-order valence-electron chi connectivity index (χ2n) is 8.70. The number of carbonyl (C=O) groups is 5. The van der Waals surface area contributed by atoms with Crippen molar-refractivity contribution in [2.75, 3.05) is 5.75 Å². The number of hydrogen-bond acceptors (Lipinski definition) is 7. The zero-order valence-electron chi connectivity index (χ0n) is 20.7. The predicted octanol–water partition coefficient (Wildman–Crippen LogP) is -0.467. The van der Waals surface area contributed by atoms with Crippen molar-refractivity contribution in [3.8, 4) is 0 Å². The van der Waals surface area contributed by atoms with Crippen molar-refractivity contribution in [1.82, 2.24) is 16.0 Å². The van der Waals surface area contributed by atoms with Crippen LogP contribution in [0.3, 0.4) is 0 Å². The van der Waals surface area contributed by atoms with Crippen LogP contribution in [-0.2, 0) is 36.8 Å². The molecule has 0 radical (unpaired) electrons. The molecule has 0 fully saturated rings. The molecular weight excluding hydrogens is 510 g/mol. The van der Waals surface area contributed by atoms with Crippen molar-refractivity contribution >= 4 is 42.2 Å². The Morgan fingerprint density at radius 3 is 1.71 bits per heavy atom. The van der Waals surface area contributed by atoms with Gasteiger partial charge in [0.25, 0.3) is 0 Å². The van der Waals surface area contributed by atoms with E-state index in [0.717, 1.165) is 5.56 Å². The van der Waals surface area contributed by atoms with Crippen molar-refractivity contribution in [2.24, 2.45) is 11.5 Å². The molecule has 2 aromatic rings. The minimum absolute atomic E-state index is 0.0335. The minimum atomic E-state index is -1.24. The second-order valence-corrected chi connectivity index (χ2v) is 9.06. The number of thiol groups is 1. The van der Waals surface area contributed by atoms with Gasteiger partial charge >= 0.3 is 5.97 Å². The topological polar surface area (TPSA) is 194 Å². The number of aliphatic carboxylic acids is 1. The van der Waals surface area contributed by atoms with Crippen LogP contribution in [-0.4, -0.2) is 64.6 Å². The standard InChI is InChI=1S/C26H33N5O6S/c27-18(13-16-7-3-1-4-8-16)23(33)29-19(11-12-22(28)32)24(34)31-21(15-38)25(35)30-20(26(36)37)14-17-9-5-2-6-10-17/h1-10,18-21,38H,11-15,27H2,(H2,28,32)(H,29,33)(H,30,35)(H,31,34)(H,36,37). The van der Waals surface area contributed by atoms with E-state index in [1.165, 1.54) is 0 Å². The van der Waals surface area contributed by atoms with Crippen LogP contribution in [0.1, 0.15) is 24.0 Å². The molecule has 0 aromatic heterocycles. The smallest absolute Gasteiger partial charge is 0.326 e. The van der Waals surface area contributed by atoms with Gasteiger partial charge in [0.2, 0.25) is 23.6 Å². The third kappa shape index (κ3) is 10.2. The van der Waals surface area contributed by atoms with Gasteiger partial charge in [0.05, 0.1) is 6.04 Å². The van der Waals surface area contributed by atoms with E-state index < -0.39 is 53.8 Å². The SMILES string of the molecule is NC(=O)CCC(NC(=O)C(N)Cc1ccccc1)C(=O)NC(CS)C(=O)NC(Cc1ccccc1)C(=O)O. The fraction of sp³-hybridized carbons (Fsp3) is 0.346. The number of carboxylic acids is 1. The minimum Gasteiger partial charge on any atom is -0.480 e. The van der Waals surface area contributed by atoms with E-state index in [0.29, 0.717) is 5.56 Å². The summed E-state index contributed by atoms with van der Waals surface area (Å²) in [5.41, 5.74) is 12.7. The monoisotopic (exact) mass is 543 g/mol. The van der Waals surface area contributed by atoms with Gasteiger partial charge < -0.3 is 32.5 Å². The van der Waals surface area contributed by atoms with E-state index >= 15 is 0 Å². The van der Waals surface area contributed by atoms with Gasteiger partial charge in [-0.3, -0.25) is 19.2 Å². The summed E-state index contributed by atoms with van der Waals surface area (Å²) in [6.07, 6.45) is -0.0813. The van der Waals surface area contributed by atoms with E-state index in [1.807, 2.05) is 18.2 Å². The van der Waals surface area contributed by atoms with Crippen LogP contribution in [0.4, 0.5) is 0 Å². The van der Waals surface area contributed by atoms with Crippen LogP contribution in [0.25, 0.3) is 0 Å². The van der Waals surface area contributed by atoms with E-state index in [1.54, 1.807) is 42.5 Å². The highest BCUT2D eigenvalue weighted by Gasteiger charge is 2.30. The molecule has 2 rings (SSSR count). The van der Waals surface area contributed by atoms with Crippen LogP contribution in [0.15, 0.2) is 60.7 Å². The zero-order valence-corrected chi connectivity index (χ0v) is 21.6. The lowest BCUT2D eigenvalue weighted by atomic mass is 10.0. The molecule has 0 saturated heterocycles. The maximum atomic E-state index is 13.0. The van der Waals surface area contributed by atoms with Crippen molar-refractivity contribution in [2.45, 2.75) is 49.9 Å². The number of hydrogen-bond donors (Lipinski definition) is 7. The van der Waals surface area contributed by atoms with Crippen LogP contribution < -0.4 is 27.4 Å². The third-order valence-corrected chi connectivity index (χ3v) is 6.03. The number of benzene rings is 2. The summed E-state index contributed by atoms with van der Waals surface area (Å²) < 4.78 is 0. The fourth-order valence-corrected chi connectivity index (χ4v) is 3.84. The van der Waals surface area contributed by atoms with Gasteiger partial charge in [-0.05, 0) is 24.0 Å². The predicted molar refractivity (Wildman–Crippen MR) is 144 cm³/mol. The first-order valence-electron chi connectivity index (χ1n) is 12.0. The molecule has 38 heavy (non-hydrogen) atoms. The van der Waals surface area contributed by atoms with Crippen LogP contribution in [0.2, 0.25) is 0 Å². The number of carboxylic acid groups (broad SMARTS) is 1. The number of carbonyl (C=O) groups excluding carboxylic acids is 4. The van der Waals surface area contributed by atoms with E-state index in [9.17, 15) is 29.1 Å². The first-order chi connectivity index (χ1) is 18.1. The van der Waals surface area contributed by atoms with Gasteiger partial charge in [0, 0.05) is 18.6 Å². The summed E-state index contributed by atoms with van der Waals surface area (Å²) in [6, 6.07) is 13.2. The molecule has 0 spiro atoms. The van der Waals surface area contributed by atoms with Crippen molar-refractivity contribution in [3.63, 3.8) is 0 Å². The van der Waals surface area contributed by atoms with E-state index in [-0.39, 0.29) is 31.4 Å². The number of nitrogens with two attached hydrogens (primary N) is 2. The molecular formula is C26H33N5O6S. The maximum absolute atomic E-state index is 13.0. The zero-order chi connectivity index (χ0) is 28.1. The molecule has 12 heteroatoms. The second kappa shape index (κ2) is 15.4. The molecule has 0 bridgehead atoms. The van der Waals surface area contributed by atoms with Gasteiger partial charge in [-0.2, -0.15) is 12.6 Å². The lowest BCUT2D eigenvalue weighted by molar-refractivity contribution is -0.142. The van der Waals surface area contributed by atoms with E-state index in [2.05, 4.69) is 28.6 Å². The van der Waals surface area contributed by atoms with Crippen LogP contribution in [0.5, 0.6) is 0 Å². The Bertz CT molecular complexity index is 1100. The summed E-state index contributed by atoms with van der Waals surface area (Å²) in [6.45, 7) is 0. The average molecular weight is 544 g/mol.